The van der Waals surface area contributed by atoms with Crippen molar-refractivity contribution in [3.05, 3.63) is 0 Å². The van der Waals surface area contributed by atoms with Gasteiger partial charge in [-0.25, -0.2) is 4.39 Å². The van der Waals surface area contributed by atoms with E-state index in [0.717, 1.165) is 19.4 Å². The SMILES string of the molecule is CCCC[C@H](CNC)CC(CC(C)(C)C)CC(C)(C)F. The Labute approximate surface area is 127 Å². The van der Waals surface area contributed by atoms with Crippen LogP contribution in [0, 0.1) is 17.3 Å². The largest absolute Gasteiger partial charge is 0.319 e. The van der Waals surface area contributed by atoms with Crippen LogP contribution in [0.4, 0.5) is 4.39 Å². The van der Waals surface area contributed by atoms with E-state index in [1.165, 1.54) is 19.3 Å². The van der Waals surface area contributed by atoms with Gasteiger partial charge in [-0.1, -0.05) is 40.5 Å². The lowest BCUT2D eigenvalue weighted by molar-refractivity contribution is 0.129. The second-order valence-electron chi connectivity index (χ2n) is 8.36. The number of alkyl halides is 1. The molecule has 1 unspecified atom stereocenters. The van der Waals surface area contributed by atoms with Crippen LogP contribution >= 0.6 is 0 Å². The van der Waals surface area contributed by atoms with E-state index in [9.17, 15) is 4.39 Å². The van der Waals surface area contributed by atoms with Crippen LogP contribution in [0.1, 0.15) is 80.1 Å². The van der Waals surface area contributed by atoms with E-state index in [1.54, 1.807) is 13.8 Å². The molecule has 0 bridgehead atoms. The van der Waals surface area contributed by atoms with E-state index in [1.807, 2.05) is 7.05 Å². The Balaban J connectivity index is 4.64. The summed E-state index contributed by atoms with van der Waals surface area (Å²) in [5.41, 5.74) is -0.768. The molecule has 0 rings (SSSR count). The van der Waals surface area contributed by atoms with Gasteiger partial charge in [-0.05, 0) is 70.4 Å². The Bertz CT molecular complexity index is 221. The molecule has 0 aliphatic rings. The monoisotopic (exact) mass is 287 g/mol. The van der Waals surface area contributed by atoms with Crippen LogP contribution in [0.5, 0.6) is 0 Å². The minimum atomic E-state index is -1.05. The van der Waals surface area contributed by atoms with Crippen molar-refractivity contribution < 1.29 is 4.39 Å². The van der Waals surface area contributed by atoms with E-state index in [2.05, 4.69) is 33.0 Å². The number of hydrogen-bond acceptors (Lipinski definition) is 1. The fourth-order valence-corrected chi connectivity index (χ4v) is 3.35. The smallest absolute Gasteiger partial charge is 0.105 e. The maximum Gasteiger partial charge on any atom is 0.105 e. The number of unbranched alkanes of at least 4 members (excludes halogenated alkanes) is 1. The first-order valence-electron chi connectivity index (χ1n) is 8.41. The first kappa shape index (κ1) is 19.9. The molecule has 0 aromatic heterocycles. The molecule has 0 fully saturated rings. The number of halogens is 1. The molecule has 0 radical (unpaired) electrons. The van der Waals surface area contributed by atoms with Crippen molar-refractivity contribution in [3.63, 3.8) is 0 Å². The van der Waals surface area contributed by atoms with Crippen LogP contribution in [-0.4, -0.2) is 19.3 Å². The molecular formula is C18H38FN. The lowest BCUT2D eigenvalue weighted by Gasteiger charge is -2.32. The van der Waals surface area contributed by atoms with Crippen LogP contribution in [-0.2, 0) is 0 Å². The molecule has 122 valence electrons. The van der Waals surface area contributed by atoms with Gasteiger partial charge in [-0.2, -0.15) is 0 Å². The predicted molar refractivity (Wildman–Crippen MR) is 88.9 cm³/mol. The van der Waals surface area contributed by atoms with Crippen LogP contribution in [0.25, 0.3) is 0 Å². The Kier molecular flexibility index (Phi) is 8.97. The Morgan fingerprint density at radius 2 is 1.60 bits per heavy atom. The maximum atomic E-state index is 14.1. The quantitative estimate of drug-likeness (QED) is 0.552. The van der Waals surface area contributed by atoms with E-state index >= 15 is 0 Å². The molecule has 0 heterocycles. The van der Waals surface area contributed by atoms with Crippen molar-refractivity contribution in [2.45, 2.75) is 85.7 Å². The van der Waals surface area contributed by atoms with Crippen molar-refractivity contribution in [1.29, 1.82) is 0 Å². The van der Waals surface area contributed by atoms with Crippen molar-refractivity contribution >= 4 is 0 Å². The molecule has 1 nitrogen and oxygen atoms in total. The molecule has 0 aromatic rings. The molecule has 0 amide bonds. The van der Waals surface area contributed by atoms with E-state index in [-0.39, 0.29) is 5.41 Å². The van der Waals surface area contributed by atoms with Gasteiger partial charge >= 0.3 is 0 Å². The Morgan fingerprint density at radius 1 is 1.00 bits per heavy atom. The third-order valence-corrected chi connectivity index (χ3v) is 3.80. The maximum absolute atomic E-state index is 14.1. The van der Waals surface area contributed by atoms with Gasteiger partial charge in [-0.15, -0.1) is 0 Å². The van der Waals surface area contributed by atoms with Gasteiger partial charge in [0.1, 0.15) is 5.67 Å². The van der Waals surface area contributed by atoms with Gasteiger partial charge in [0.05, 0.1) is 0 Å². The van der Waals surface area contributed by atoms with Crippen LogP contribution in [0.15, 0.2) is 0 Å². The second-order valence-corrected chi connectivity index (χ2v) is 8.36. The van der Waals surface area contributed by atoms with Gasteiger partial charge in [-0.3, -0.25) is 0 Å². The van der Waals surface area contributed by atoms with Crippen molar-refractivity contribution in [3.8, 4) is 0 Å². The molecule has 0 saturated heterocycles. The molecular weight excluding hydrogens is 249 g/mol. The lowest BCUT2D eigenvalue weighted by Crippen LogP contribution is -2.27. The van der Waals surface area contributed by atoms with Gasteiger partial charge in [0.25, 0.3) is 0 Å². The Morgan fingerprint density at radius 3 is 2.00 bits per heavy atom. The zero-order chi connectivity index (χ0) is 15.8. The summed E-state index contributed by atoms with van der Waals surface area (Å²) in [6.07, 6.45) is 6.77. The zero-order valence-corrected chi connectivity index (χ0v) is 15.0. The minimum absolute atomic E-state index is 0.283. The lowest BCUT2D eigenvalue weighted by atomic mass is 9.76. The fraction of sp³-hybridized carbons (Fsp3) is 1.00. The van der Waals surface area contributed by atoms with Gasteiger partial charge in [0.15, 0.2) is 0 Å². The van der Waals surface area contributed by atoms with E-state index < -0.39 is 5.67 Å². The normalized spacial score (nSPS) is 16.2. The van der Waals surface area contributed by atoms with Crippen molar-refractivity contribution in [1.82, 2.24) is 5.32 Å². The fourth-order valence-electron chi connectivity index (χ4n) is 3.35. The highest BCUT2D eigenvalue weighted by atomic mass is 19.1. The third kappa shape index (κ3) is 11.7. The summed E-state index contributed by atoms with van der Waals surface area (Å²) < 4.78 is 14.1. The molecule has 0 spiro atoms. The first-order chi connectivity index (χ1) is 9.07. The molecule has 20 heavy (non-hydrogen) atoms. The molecule has 0 aromatic carbocycles. The predicted octanol–water partition coefficient (Wildman–Crippen LogP) is 5.59. The number of hydrogen-bond donors (Lipinski definition) is 1. The topological polar surface area (TPSA) is 12.0 Å². The van der Waals surface area contributed by atoms with Crippen molar-refractivity contribution in [2.75, 3.05) is 13.6 Å². The summed E-state index contributed by atoms with van der Waals surface area (Å²) in [4.78, 5) is 0. The zero-order valence-electron chi connectivity index (χ0n) is 15.0. The highest BCUT2D eigenvalue weighted by Crippen LogP contribution is 2.35. The van der Waals surface area contributed by atoms with Crippen LogP contribution in [0.3, 0.4) is 0 Å². The summed E-state index contributed by atoms with van der Waals surface area (Å²) in [7, 11) is 2.02. The third-order valence-electron chi connectivity index (χ3n) is 3.80. The molecule has 0 aliphatic carbocycles. The first-order valence-corrected chi connectivity index (χ1v) is 8.41. The van der Waals surface area contributed by atoms with Crippen LogP contribution < -0.4 is 5.32 Å². The molecule has 0 saturated carbocycles. The van der Waals surface area contributed by atoms with Gasteiger partial charge in [0, 0.05) is 0 Å². The van der Waals surface area contributed by atoms with Gasteiger partial charge in [0.2, 0.25) is 0 Å². The number of nitrogens with one attached hydrogen (secondary N) is 1. The van der Waals surface area contributed by atoms with E-state index in [4.69, 9.17) is 0 Å². The standard InChI is InChI=1S/C18H38FN/c1-8-9-10-15(14-20-7)11-16(12-17(2,3)4)13-18(5,6)19/h15-16,20H,8-14H2,1-7H3/t15-,16?/m0/s1. The molecule has 2 atom stereocenters. The highest BCUT2D eigenvalue weighted by Gasteiger charge is 2.28. The Hall–Kier alpha value is -0.110. The average Bonchev–Trinajstić information content (AvgIpc) is 2.21. The second kappa shape index (κ2) is 9.02. The summed E-state index contributed by atoms with van der Waals surface area (Å²) in [5, 5.41) is 3.31. The minimum Gasteiger partial charge on any atom is -0.319 e. The molecule has 1 N–H and O–H groups in total. The van der Waals surface area contributed by atoms with Gasteiger partial charge < -0.3 is 5.32 Å². The summed E-state index contributed by atoms with van der Waals surface area (Å²) in [6, 6.07) is 0. The number of rotatable bonds is 10. The highest BCUT2D eigenvalue weighted by molar-refractivity contribution is 4.79. The molecule has 0 aliphatic heterocycles. The van der Waals surface area contributed by atoms with Crippen molar-refractivity contribution in [2.24, 2.45) is 17.3 Å². The average molecular weight is 288 g/mol. The van der Waals surface area contributed by atoms with Crippen LogP contribution in [0.2, 0.25) is 0 Å². The summed E-state index contributed by atoms with van der Waals surface area (Å²) in [5.74, 6) is 1.18. The summed E-state index contributed by atoms with van der Waals surface area (Å²) >= 11 is 0. The molecule has 2 heteroatoms. The van der Waals surface area contributed by atoms with E-state index in [0.29, 0.717) is 18.3 Å². The summed E-state index contributed by atoms with van der Waals surface area (Å²) in [6.45, 7) is 13.6.